The van der Waals surface area contributed by atoms with Gasteiger partial charge in [0.2, 0.25) is 11.8 Å². The molecule has 2 heterocycles. The maximum atomic E-state index is 12.6. The SMILES string of the molecule is NCC#Cc1csc(CN2C(=O)CC3(CCCC3)C2=O)c1. The number of imide groups is 1. The number of nitrogens with two attached hydrogens (primary N) is 1. The van der Waals surface area contributed by atoms with Crippen molar-refractivity contribution in [3.63, 3.8) is 0 Å². The first-order valence-corrected chi connectivity index (χ1v) is 8.14. The van der Waals surface area contributed by atoms with Gasteiger partial charge in [0, 0.05) is 22.2 Å². The van der Waals surface area contributed by atoms with Gasteiger partial charge in [-0.25, -0.2) is 0 Å². The molecule has 4 nitrogen and oxygen atoms in total. The number of thiophene rings is 1. The number of likely N-dealkylation sites (tertiary alicyclic amines) is 1. The molecule has 2 amide bonds. The van der Waals surface area contributed by atoms with Gasteiger partial charge in [-0.05, 0) is 18.9 Å². The summed E-state index contributed by atoms with van der Waals surface area (Å²) in [6.45, 7) is 0.713. The van der Waals surface area contributed by atoms with Crippen LogP contribution < -0.4 is 5.73 Å². The topological polar surface area (TPSA) is 63.4 Å². The van der Waals surface area contributed by atoms with Crippen molar-refractivity contribution >= 4 is 23.2 Å². The average Bonchev–Trinajstić information content (AvgIpc) is 3.15. The van der Waals surface area contributed by atoms with Crippen LogP contribution in [0, 0.1) is 17.3 Å². The molecule has 1 spiro atoms. The van der Waals surface area contributed by atoms with E-state index in [-0.39, 0.29) is 17.2 Å². The Morgan fingerprint density at radius 3 is 2.81 bits per heavy atom. The fourth-order valence-corrected chi connectivity index (χ4v) is 4.10. The average molecular weight is 302 g/mol. The van der Waals surface area contributed by atoms with Crippen molar-refractivity contribution in [3.8, 4) is 11.8 Å². The van der Waals surface area contributed by atoms with E-state index in [2.05, 4.69) is 11.8 Å². The predicted octanol–water partition coefficient (Wildman–Crippen LogP) is 1.88. The Kier molecular flexibility index (Phi) is 3.83. The van der Waals surface area contributed by atoms with Crippen LogP contribution in [0.3, 0.4) is 0 Å². The lowest BCUT2D eigenvalue weighted by molar-refractivity contribution is -0.142. The summed E-state index contributed by atoms with van der Waals surface area (Å²) in [4.78, 5) is 27.2. The predicted molar refractivity (Wildman–Crippen MR) is 81.3 cm³/mol. The van der Waals surface area contributed by atoms with Crippen molar-refractivity contribution < 1.29 is 9.59 Å². The molecule has 21 heavy (non-hydrogen) atoms. The van der Waals surface area contributed by atoms with Crippen molar-refractivity contribution in [3.05, 3.63) is 21.9 Å². The second-order valence-electron chi connectivity index (χ2n) is 5.76. The highest BCUT2D eigenvalue weighted by Crippen LogP contribution is 2.47. The monoisotopic (exact) mass is 302 g/mol. The highest BCUT2D eigenvalue weighted by Gasteiger charge is 2.52. The van der Waals surface area contributed by atoms with Crippen LogP contribution in [0.25, 0.3) is 0 Å². The van der Waals surface area contributed by atoms with E-state index in [1.54, 1.807) is 0 Å². The van der Waals surface area contributed by atoms with Crippen molar-refractivity contribution in [2.75, 3.05) is 6.54 Å². The quantitative estimate of drug-likeness (QED) is 0.670. The van der Waals surface area contributed by atoms with E-state index >= 15 is 0 Å². The highest BCUT2D eigenvalue weighted by molar-refractivity contribution is 7.10. The van der Waals surface area contributed by atoms with Crippen molar-refractivity contribution in [2.24, 2.45) is 11.1 Å². The van der Waals surface area contributed by atoms with Crippen LogP contribution in [0.1, 0.15) is 42.5 Å². The first-order valence-electron chi connectivity index (χ1n) is 7.26. The van der Waals surface area contributed by atoms with Crippen LogP contribution in [0.5, 0.6) is 0 Å². The van der Waals surface area contributed by atoms with Crippen molar-refractivity contribution in [2.45, 2.75) is 38.6 Å². The van der Waals surface area contributed by atoms with Crippen LogP contribution in [-0.4, -0.2) is 23.3 Å². The zero-order chi connectivity index (χ0) is 14.9. The van der Waals surface area contributed by atoms with E-state index < -0.39 is 0 Å². The van der Waals surface area contributed by atoms with Gasteiger partial charge >= 0.3 is 0 Å². The molecule has 1 aromatic rings. The zero-order valence-electron chi connectivity index (χ0n) is 11.9. The van der Waals surface area contributed by atoms with Gasteiger partial charge in [0.1, 0.15) is 0 Å². The molecule has 1 aromatic heterocycles. The molecule has 0 aromatic carbocycles. The van der Waals surface area contributed by atoms with Crippen molar-refractivity contribution in [1.82, 2.24) is 4.90 Å². The van der Waals surface area contributed by atoms with E-state index in [0.29, 0.717) is 19.5 Å². The molecule has 0 unspecified atom stereocenters. The first kappa shape index (κ1) is 14.3. The molecule has 0 bridgehead atoms. The second kappa shape index (κ2) is 5.63. The molecule has 110 valence electrons. The molecule has 1 aliphatic heterocycles. The Morgan fingerprint density at radius 1 is 1.33 bits per heavy atom. The fraction of sp³-hybridized carbons (Fsp3) is 0.500. The van der Waals surface area contributed by atoms with Gasteiger partial charge in [-0.15, -0.1) is 11.3 Å². The van der Waals surface area contributed by atoms with E-state index in [4.69, 9.17) is 5.73 Å². The number of hydrogen-bond donors (Lipinski definition) is 1. The standard InChI is InChI=1S/C16H18N2O2S/c17-7-3-4-12-8-13(21-11-12)10-18-14(19)9-16(15(18)20)5-1-2-6-16/h8,11H,1-2,5-7,9-10,17H2. The summed E-state index contributed by atoms with van der Waals surface area (Å²) < 4.78 is 0. The minimum Gasteiger partial charge on any atom is -0.320 e. The molecule has 5 heteroatoms. The lowest BCUT2D eigenvalue weighted by atomic mass is 9.84. The lowest BCUT2D eigenvalue weighted by Crippen LogP contribution is -2.33. The molecule has 2 N–H and O–H groups in total. The van der Waals surface area contributed by atoms with Gasteiger partial charge in [-0.1, -0.05) is 24.7 Å². The summed E-state index contributed by atoms with van der Waals surface area (Å²) in [7, 11) is 0. The maximum Gasteiger partial charge on any atom is 0.236 e. The molecule has 3 rings (SSSR count). The van der Waals surface area contributed by atoms with Crippen LogP contribution in [0.15, 0.2) is 11.4 Å². The minimum absolute atomic E-state index is 0.0232. The largest absolute Gasteiger partial charge is 0.320 e. The van der Waals surface area contributed by atoms with Gasteiger partial charge in [0.05, 0.1) is 18.5 Å². The summed E-state index contributed by atoms with van der Waals surface area (Å²) >= 11 is 1.53. The highest BCUT2D eigenvalue weighted by atomic mass is 32.1. The Hall–Kier alpha value is -1.64. The third kappa shape index (κ3) is 2.61. The molecule has 0 radical (unpaired) electrons. The summed E-state index contributed by atoms with van der Waals surface area (Å²) in [5, 5.41) is 1.94. The summed E-state index contributed by atoms with van der Waals surface area (Å²) in [5.41, 5.74) is 5.87. The fourth-order valence-electron chi connectivity index (χ4n) is 3.30. The van der Waals surface area contributed by atoms with Crippen LogP contribution >= 0.6 is 11.3 Å². The number of carbonyl (C=O) groups is 2. The van der Waals surface area contributed by atoms with Crippen LogP contribution in [0.4, 0.5) is 0 Å². The molecule has 1 saturated carbocycles. The Bertz CT molecular complexity index is 632. The summed E-state index contributed by atoms with van der Waals surface area (Å²) in [6.07, 6.45) is 4.25. The van der Waals surface area contributed by atoms with Gasteiger partial charge < -0.3 is 5.73 Å². The third-order valence-corrected chi connectivity index (χ3v) is 5.27. The van der Waals surface area contributed by atoms with Crippen LogP contribution in [-0.2, 0) is 16.1 Å². The van der Waals surface area contributed by atoms with Gasteiger partial charge in [0.15, 0.2) is 0 Å². The number of nitrogens with zero attached hydrogens (tertiary/aromatic N) is 1. The molecule has 2 aliphatic rings. The first-order chi connectivity index (χ1) is 10.1. The molecule has 0 atom stereocenters. The van der Waals surface area contributed by atoms with E-state index in [1.807, 2.05) is 11.4 Å². The Morgan fingerprint density at radius 2 is 2.10 bits per heavy atom. The second-order valence-corrected chi connectivity index (χ2v) is 6.75. The summed E-state index contributed by atoms with van der Waals surface area (Å²) in [6, 6.07) is 1.94. The Balaban J connectivity index is 1.74. The normalized spacial score (nSPS) is 20.1. The van der Waals surface area contributed by atoms with Crippen LogP contribution in [0.2, 0.25) is 0 Å². The number of amides is 2. The molecular weight excluding hydrogens is 284 g/mol. The Labute approximate surface area is 128 Å². The summed E-state index contributed by atoms with van der Waals surface area (Å²) in [5.74, 6) is 5.79. The van der Waals surface area contributed by atoms with Gasteiger partial charge in [0.25, 0.3) is 0 Å². The molecule has 1 aliphatic carbocycles. The van der Waals surface area contributed by atoms with Crippen molar-refractivity contribution in [1.29, 1.82) is 0 Å². The number of carbonyl (C=O) groups excluding carboxylic acids is 2. The smallest absolute Gasteiger partial charge is 0.236 e. The third-order valence-electron chi connectivity index (χ3n) is 4.35. The maximum absolute atomic E-state index is 12.6. The van der Waals surface area contributed by atoms with E-state index in [0.717, 1.165) is 36.1 Å². The zero-order valence-corrected chi connectivity index (χ0v) is 12.7. The number of rotatable bonds is 2. The molecular formula is C16H18N2O2S. The molecule has 2 fully saturated rings. The van der Waals surface area contributed by atoms with Gasteiger partial charge in [-0.2, -0.15) is 0 Å². The van der Waals surface area contributed by atoms with Gasteiger partial charge in [-0.3, -0.25) is 14.5 Å². The van der Waals surface area contributed by atoms with E-state index in [1.165, 1.54) is 16.2 Å². The minimum atomic E-state index is -0.378. The van der Waals surface area contributed by atoms with E-state index in [9.17, 15) is 9.59 Å². The number of hydrogen-bond acceptors (Lipinski definition) is 4. The molecule has 1 saturated heterocycles. The lowest BCUT2D eigenvalue weighted by Gasteiger charge is -2.20.